The molecule has 0 aliphatic carbocycles. The van der Waals surface area contributed by atoms with Gasteiger partial charge in [0, 0.05) is 13.0 Å². The van der Waals surface area contributed by atoms with Gasteiger partial charge in [0.15, 0.2) is 11.7 Å². The van der Waals surface area contributed by atoms with E-state index in [-0.39, 0.29) is 5.69 Å². The van der Waals surface area contributed by atoms with Crippen molar-refractivity contribution in [3.63, 3.8) is 0 Å². The summed E-state index contributed by atoms with van der Waals surface area (Å²) in [4.78, 5) is 14.1. The number of aromatic nitrogens is 1. The summed E-state index contributed by atoms with van der Waals surface area (Å²) in [6.07, 6.45) is 2.60. The average molecular weight is 203 g/mol. The van der Waals surface area contributed by atoms with E-state index in [1.165, 1.54) is 6.07 Å². The lowest BCUT2D eigenvalue weighted by molar-refractivity contribution is -0.384. The third-order valence-corrected chi connectivity index (χ3v) is 1.91. The van der Waals surface area contributed by atoms with Crippen LogP contribution in [0.5, 0.6) is 0 Å². The zero-order chi connectivity index (χ0) is 10.8. The summed E-state index contributed by atoms with van der Waals surface area (Å²) < 4.78 is 5.19. The van der Waals surface area contributed by atoms with Crippen LogP contribution in [-0.2, 0) is 0 Å². The van der Waals surface area contributed by atoms with Crippen LogP contribution in [0.15, 0.2) is 28.7 Å². The van der Waals surface area contributed by atoms with Gasteiger partial charge in [0.2, 0.25) is 0 Å². The second-order valence-corrected chi connectivity index (χ2v) is 2.95. The molecule has 0 N–H and O–H groups in total. The maximum absolute atomic E-state index is 10.7. The maximum atomic E-state index is 10.7. The predicted octanol–water partition coefficient (Wildman–Crippen LogP) is 2.36. The summed E-state index contributed by atoms with van der Waals surface area (Å²) in [5.41, 5.74) is 0.382. The van der Waals surface area contributed by atoms with E-state index in [4.69, 9.17) is 4.42 Å². The number of nitrogens with zero attached hydrogens (tertiary/aromatic N) is 2. The molecule has 0 aliphatic heterocycles. The molecule has 0 fully saturated rings. The van der Waals surface area contributed by atoms with Crippen LogP contribution in [0.3, 0.4) is 0 Å². The summed E-state index contributed by atoms with van der Waals surface area (Å²) in [6, 6.07) is 6.33. The number of benzene rings is 1. The first-order chi connectivity index (χ1) is 7.18. The molecule has 1 aromatic heterocycles. The van der Waals surface area contributed by atoms with Gasteiger partial charge in [-0.15, -0.1) is 0 Å². The highest BCUT2D eigenvalue weighted by Gasteiger charge is 2.17. The fraction of sp³-hybridized carbons (Fsp3) is 0.100. The molecule has 1 heterocycles. The molecule has 0 amide bonds. The number of aryl methyl sites for hydroxylation is 1. The van der Waals surface area contributed by atoms with Gasteiger partial charge in [-0.05, 0) is 6.07 Å². The zero-order valence-corrected chi connectivity index (χ0v) is 7.93. The van der Waals surface area contributed by atoms with E-state index in [1.807, 2.05) is 0 Å². The van der Waals surface area contributed by atoms with E-state index >= 15 is 0 Å². The Bertz CT molecular complexity index is 505. The number of nitro groups is 1. The first-order valence-electron chi connectivity index (χ1n) is 4.27. The van der Waals surface area contributed by atoms with Crippen LogP contribution in [0.25, 0.3) is 11.3 Å². The molecule has 5 nitrogen and oxygen atoms in total. The van der Waals surface area contributed by atoms with Crippen LogP contribution in [0, 0.1) is 23.2 Å². The minimum absolute atomic E-state index is 0.00935. The second-order valence-electron chi connectivity index (χ2n) is 2.95. The number of nitro benzene ring substituents is 1. The SMILES string of the molecule is Cc1n[c]c(-c2ccccc2[N+](=O)[O-])o1. The molecule has 1 radical (unpaired) electrons. The van der Waals surface area contributed by atoms with Crippen LogP contribution < -0.4 is 0 Å². The van der Waals surface area contributed by atoms with Gasteiger partial charge in [0.1, 0.15) is 6.20 Å². The fourth-order valence-electron chi connectivity index (χ4n) is 1.26. The Morgan fingerprint density at radius 2 is 2.20 bits per heavy atom. The summed E-state index contributed by atoms with van der Waals surface area (Å²) in [6.45, 7) is 1.66. The third-order valence-electron chi connectivity index (χ3n) is 1.91. The van der Waals surface area contributed by atoms with Crippen LogP contribution >= 0.6 is 0 Å². The molecule has 0 atom stereocenters. The van der Waals surface area contributed by atoms with Crippen molar-refractivity contribution < 1.29 is 9.34 Å². The maximum Gasteiger partial charge on any atom is 0.280 e. The van der Waals surface area contributed by atoms with Crippen molar-refractivity contribution >= 4 is 5.69 Å². The van der Waals surface area contributed by atoms with E-state index in [0.29, 0.717) is 17.2 Å². The van der Waals surface area contributed by atoms with Crippen molar-refractivity contribution in [1.82, 2.24) is 4.98 Å². The monoisotopic (exact) mass is 203 g/mol. The van der Waals surface area contributed by atoms with Crippen molar-refractivity contribution in [1.29, 1.82) is 0 Å². The molecule has 0 saturated heterocycles. The van der Waals surface area contributed by atoms with Gasteiger partial charge < -0.3 is 4.42 Å². The zero-order valence-electron chi connectivity index (χ0n) is 7.93. The van der Waals surface area contributed by atoms with Crippen molar-refractivity contribution in [2.24, 2.45) is 0 Å². The average Bonchev–Trinajstić information content (AvgIpc) is 2.65. The first kappa shape index (κ1) is 9.39. The summed E-state index contributed by atoms with van der Waals surface area (Å²) in [7, 11) is 0. The predicted molar refractivity (Wildman–Crippen MR) is 52.2 cm³/mol. The number of rotatable bonds is 2. The molecule has 5 heteroatoms. The Labute approximate surface area is 85.5 Å². The number of hydrogen-bond acceptors (Lipinski definition) is 4. The Balaban J connectivity index is 2.57. The highest BCUT2D eigenvalue weighted by Crippen LogP contribution is 2.29. The molecular formula is C10H7N2O3. The second kappa shape index (κ2) is 3.53. The minimum Gasteiger partial charge on any atom is -0.440 e. The van der Waals surface area contributed by atoms with Crippen molar-refractivity contribution in [2.45, 2.75) is 6.92 Å². The van der Waals surface area contributed by atoms with Crippen molar-refractivity contribution in [2.75, 3.05) is 0 Å². The highest BCUT2D eigenvalue weighted by molar-refractivity contribution is 5.68. The fourth-order valence-corrected chi connectivity index (χ4v) is 1.26. The van der Waals surface area contributed by atoms with Gasteiger partial charge in [-0.3, -0.25) is 10.1 Å². The number of para-hydroxylation sites is 1. The molecule has 0 saturated carbocycles. The van der Waals surface area contributed by atoms with Crippen LogP contribution in [0.4, 0.5) is 5.69 Å². The molecular weight excluding hydrogens is 196 g/mol. The molecule has 2 aromatic rings. The molecule has 0 unspecified atom stereocenters. The lowest BCUT2D eigenvalue weighted by Crippen LogP contribution is -1.90. The quantitative estimate of drug-likeness (QED) is 0.554. The molecule has 0 spiro atoms. The van der Waals surface area contributed by atoms with Gasteiger partial charge in [0.05, 0.1) is 10.5 Å². The summed E-state index contributed by atoms with van der Waals surface area (Å²) in [5, 5.41) is 10.7. The molecule has 0 bridgehead atoms. The lowest BCUT2D eigenvalue weighted by atomic mass is 10.1. The lowest BCUT2D eigenvalue weighted by Gasteiger charge is -1.97. The van der Waals surface area contributed by atoms with E-state index in [1.54, 1.807) is 25.1 Å². The summed E-state index contributed by atoms with van der Waals surface area (Å²) >= 11 is 0. The van der Waals surface area contributed by atoms with Crippen molar-refractivity contribution in [3.8, 4) is 11.3 Å². The Kier molecular flexibility index (Phi) is 2.21. The highest BCUT2D eigenvalue weighted by atomic mass is 16.6. The minimum atomic E-state index is -0.457. The van der Waals surface area contributed by atoms with Crippen LogP contribution in [-0.4, -0.2) is 9.91 Å². The van der Waals surface area contributed by atoms with Gasteiger partial charge in [-0.1, -0.05) is 12.1 Å². The smallest absolute Gasteiger partial charge is 0.280 e. The molecule has 15 heavy (non-hydrogen) atoms. The molecule has 1 aromatic carbocycles. The normalized spacial score (nSPS) is 10.2. The van der Waals surface area contributed by atoms with Crippen LogP contribution in [0.2, 0.25) is 0 Å². The largest absolute Gasteiger partial charge is 0.440 e. The Morgan fingerprint density at radius 3 is 2.80 bits per heavy atom. The van der Waals surface area contributed by atoms with E-state index in [9.17, 15) is 10.1 Å². The van der Waals surface area contributed by atoms with Gasteiger partial charge in [-0.25, -0.2) is 4.98 Å². The Hall–Kier alpha value is -2.17. The van der Waals surface area contributed by atoms with E-state index in [2.05, 4.69) is 11.2 Å². The third kappa shape index (κ3) is 1.71. The Morgan fingerprint density at radius 1 is 1.47 bits per heavy atom. The van der Waals surface area contributed by atoms with Gasteiger partial charge in [0.25, 0.3) is 5.69 Å². The molecule has 0 aliphatic rings. The number of hydrogen-bond donors (Lipinski definition) is 0. The molecule has 2 rings (SSSR count). The van der Waals surface area contributed by atoms with Gasteiger partial charge >= 0.3 is 0 Å². The van der Waals surface area contributed by atoms with E-state index in [0.717, 1.165) is 0 Å². The number of oxazole rings is 1. The van der Waals surface area contributed by atoms with Gasteiger partial charge in [-0.2, -0.15) is 0 Å². The first-order valence-corrected chi connectivity index (χ1v) is 4.27. The van der Waals surface area contributed by atoms with E-state index < -0.39 is 4.92 Å². The van der Waals surface area contributed by atoms with Crippen LogP contribution in [0.1, 0.15) is 5.89 Å². The van der Waals surface area contributed by atoms with Crippen molar-refractivity contribution in [3.05, 3.63) is 46.5 Å². The summed E-state index contributed by atoms with van der Waals surface area (Å²) in [5.74, 6) is 0.725. The molecule has 75 valence electrons. The standard InChI is InChI=1S/C10H7N2O3/c1-7-11-6-10(15-7)8-4-2-3-5-9(8)12(13)14/h2-5H,1H3. The topological polar surface area (TPSA) is 69.2 Å².